The summed E-state index contributed by atoms with van der Waals surface area (Å²) in [4.78, 5) is 32.2. The first-order chi connectivity index (χ1) is 17.9. The number of aliphatic hydroxyl groups is 1. The molecule has 11 nitrogen and oxygen atoms in total. The van der Waals surface area contributed by atoms with Gasteiger partial charge in [0.05, 0.1) is 17.6 Å². The Hall–Kier alpha value is -4.12. The monoisotopic (exact) mass is 497 g/mol. The quantitative estimate of drug-likeness (QED) is 0.346. The Morgan fingerprint density at radius 3 is 2.59 bits per heavy atom. The van der Waals surface area contributed by atoms with Gasteiger partial charge in [0.15, 0.2) is 5.65 Å². The fraction of sp³-hybridized carbons (Fsp3) is 0.385. The van der Waals surface area contributed by atoms with Crippen LogP contribution >= 0.6 is 0 Å². The van der Waals surface area contributed by atoms with E-state index < -0.39 is 5.60 Å². The Balaban J connectivity index is 1.27. The van der Waals surface area contributed by atoms with E-state index in [1.54, 1.807) is 20.0 Å². The summed E-state index contributed by atoms with van der Waals surface area (Å²) >= 11 is 0. The maximum atomic E-state index is 13.1. The second-order valence-corrected chi connectivity index (χ2v) is 10.6. The lowest BCUT2D eigenvalue weighted by molar-refractivity contribution is 0.0558. The Labute approximate surface area is 212 Å². The minimum atomic E-state index is -1.01. The number of H-pyrrole nitrogens is 2. The Morgan fingerprint density at radius 1 is 1.11 bits per heavy atom. The highest BCUT2D eigenvalue weighted by molar-refractivity contribution is 5.91. The summed E-state index contributed by atoms with van der Waals surface area (Å²) in [7, 11) is 0. The summed E-state index contributed by atoms with van der Waals surface area (Å²) in [6, 6.07) is 6.15. The van der Waals surface area contributed by atoms with E-state index in [9.17, 15) is 9.90 Å². The number of piperidine rings is 1. The third-order valence-corrected chi connectivity index (χ3v) is 7.86. The number of hydrogen-bond acceptors (Lipinski definition) is 7. The number of amides is 1. The van der Waals surface area contributed by atoms with Crippen molar-refractivity contribution < 1.29 is 9.90 Å². The Bertz CT molecular complexity index is 1600. The van der Waals surface area contributed by atoms with E-state index in [-0.39, 0.29) is 23.9 Å². The molecule has 2 bridgehead atoms. The van der Waals surface area contributed by atoms with Gasteiger partial charge in [0.25, 0.3) is 5.91 Å². The second-order valence-electron chi connectivity index (χ2n) is 10.6. The van der Waals surface area contributed by atoms with Gasteiger partial charge in [-0.25, -0.2) is 9.97 Å². The van der Waals surface area contributed by atoms with Crippen LogP contribution in [0, 0.1) is 0 Å². The molecule has 188 valence electrons. The molecule has 7 rings (SSSR count). The highest BCUT2D eigenvalue weighted by Gasteiger charge is 2.45. The normalized spacial score (nSPS) is 21.8. The van der Waals surface area contributed by atoms with E-state index in [0.717, 1.165) is 59.2 Å². The highest BCUT2D eigenvalue weighted by Crippen LogP contribution is 2.45. The molecule has 5 aromatic rings. The number of carbonyl (C=O) groups excluding carboxylic acids is 1. The van der Waals surface area contributed by atoms with Crippen LogP contribution in [0.2, 0.25) is 0 Å². The van der Waals surface area contributed by atoms with Gasteiger partial charge in [0.1, 0.15) is 17.6 Å². The van der Waals surface area contributed by atoms with Gasteiger partial charge in [-0.2, -0.15) is 14.7 Å². The van der Waals surface area contributed by atoms with Gasteiger partial charge in [-0.3, -0.25) is 14.9 Å². The van der Waals surface area contributed by atoms with Gasteiger partial charge in [0, 0.05) is 46.9 Å². The van der Waals surface area contributed by atoms with Crippen LogP contribution in [0.5, 0.6) is 0 Å². The van der Waals surface area contributed by atoms with Crippen LogP contribution in [0.25, 0.3) is 27.8 Å². The molecule has 2 fully saturated rings. The molecule has 0 aromatic carbocycles. The van der Waals surface area contributed by atoms with E-state index in [0.29, 0.717) is 11.5 Å². The van der Waals surface area contributed by atoms with Crippen molar-refractivity contribution in [1.29, 1.82) is 0 Å². The van der Waals surface area contributed by atoms with Crippen molar-refractivity contribution in [2.24, 2.45) is 0 Å². The van der Waals surface area contributed by atoms with Crippen LogP contribution in [-0.4, -0.2) is 67.7 Å². The fourth-order valence-corrected chi connectivity index (χ4v) is 6.12. The van der Waals surface area contributed by atoms with E-state index >= 15 is 0 Å². The summed E-state index contributed by atoms with van der Waals surface area (Å²) in [6.07, 6.45) is 10.5. The van der Waals surface area contributed by atoms with Crippen LogP contribution in [0.15, 0.2) is 43.1 Å². The van der Waals surface area contributed by atoms with E-state index in [1.165, 1.54) is 6.33 Å². The summed E-state index contributed by atoms with van der Waals surface area (Å²) in [5.41, 5.74) is 4.07. The van der Waals surface area contributed by atoms with Crippen LogP contribution in [0.4, 0.5) is 0 Å². The first-order valence-corrected chi connectivity index (χ1v) is 12.6. The minimum Gasteiger partial charge on any atom is -0.384 e. The largest absolute Gasteiger partial charge is 0.384 e. The van der Waals surface area contributed by atoms with Crippen LogP contribution in [0.3, 0.4) is 0 Å². The number of nitrogens with zero attached hydrogens (tertiary/aromatic N) is 7. The van der Waals surface area contributed by atoms with Crippen molar-refractivity contribution in [2.75, 3.05) is 0 Å². The maximum Gasteiger partial charge on any atom is 0.291 e. The lowest BCUT2D eigenvalue weighted by Gasteiger charge is -2.38. The molecule has 1 unspecified atom stereocenters. The van der Waals surface area contributed by atoms with Crippen molar-refractivity contribution in [3.05, 3.63) is 60.3 Å². The average molecular weight is 498 g/mol. The summed E-state index contributed by atoms with van der Waals surface area (Å²) in [6.45, 7) is 3.44. The number of rotatable bonds is 4. The van der Waals surface area contributed by atoms with Crippen molar-refractivity contribution in [3.8, 4) is 11.1 Å². The molecule has 2 aliphatic rings. The van der Waals surface area contributed by atoms with Crippen LogP contribution in [-0.2, 0) is 5.60 Å². The average Bonchev–Trinajstić information content (AvgIpc) is 3.68. The molecular formula is C26H27N9O2. The van der Waals surface area contributed by atoms with E-state index in [2.05, 4.69) is 36.3 Å². The lowest BCUT2D eigenvalue weighted by atomic mass is 9.86. The molecule has 1 amide bonds. The van der Waals surface area contributed by atoms with Crippen LogP contribution in [0.1, 0.15) is 67.5 Å². The molecule has 3 atom stereocenters. The Morgan fingerprint density at radius 2 is 1.92 bits per heavy atom. The molecule has 0 spiro atoms. The van der Waals surface area contributed by atoms with E-state index in [1.807, 2.05) is 33.9 Å². The second kappa shape index (κ2) is 7.94. The van der Waals surface area contributed by atoms with Gasteiger partial charge < -0.3 is 15.0 Å². The van der Waals surface area contributed by atoms with Crippen molar-refractivity contribution in [3.63, 3.8) is 0 Å². The molecule has 2 aliphatic heterocycles. The molecule has 3 N–H and O–H groups in total. The summed E-state index contributed by atoms with van der Waals surface area (Å²) in [5.74, 6) is 0.452. The van der Waals surface area contributed by atoms with E-state index in [4.69, 9.17) is 4.98 Å². The van der Waals surface area contributed by atoms with Gasteiger partial charge in [0.2, 0.25) is 5.82 Å². The third-order valence-electron chi connectivity index (χ3n) is 7.86. The minimum absolute atomic E-state index is 0.0706. The first-order valence-electron chi connectivity index (χ1n) is 12.6. The number of hydrogen-bond donors (Lipinski definition) is 3. The molecule has 0 aliphatic carbocycles. The molecule has 0 saturated carbocycles. The van der Waals surface area contributed by atoms with Crippen molar-refractivity contribution >= 4 is 22.6 Å². The molecule has 37 heavy (non-hydrogen) atoms. The zero-order chi connectivity index (χ0) is 25.3. The number of carbonyl (C=O) groups is 1. The zero-order valence-electron chi connectivity index (χ0n) is 20.6. The topological polar surface area (TPSA) is 141 Å². The predicted molar refractivity (Wildman–Crippen MR) is 135 cm³/mol. The zero-order valence-corrected chi connectivity index (χ0v) is 20.6. The molecule has 11 heteroatoms. The standard InChI is InChI=1S/C26H27N9O2/c1-26(2,37)20-6-3-14(11-28-20)19-12-31-35-23-18(7-8-27-23)21(32-24(19)35)15-9-16-4-5-17(10-15)34(16)25(36)22-29-13-30-33-22/h3,6-8,11-13,15-17,27,37H,4-5,9-10H2,1-2H3,(H,29,30,33)/t15?,16-,17+. The summed E-state index contributed by atoms with van der Waals surface area (Å²) in [5, 5.41) is 22.5. The number of nitrogens with one attached hydrogen (secondary N) is 2. The maximum absolute atomic E-state index is 13.1. The number of fused-ring (bicyclic) bond motifs is 5. The fourth-order valence-electron chi connectivity index (χ4n) is 6.12. The van der Waals surface area contributed by atoms with Crippen molar-refractivity contribution in [1.82, 2.24) is 44.6 Å². The van der Waals surface area contributed by atoms with Crippen molar-refractivity contribution in [2.45, 2.75) is 63.1 Å². The van der Waals surface area contributed by atoms with Crippen LogP contribution < -0.4 is 0 Å². The number of aromatic nitrogens is 8. The van der Waals surface area contributed by atoms with Gasteiger partial charge >= 0.3 is 0 Å². The number of aromatic amines is 2. The molecular weight excluding hydrogens is 470 g/mol. The molecule has 7 heterocycles. The number of pyridine rings is 1. The Kier molecular flexibility index (Phi) is 4.74. The highest BCUT2D eigenvalue weighted by atomic mass is 16.3. The van der Waals surface area contributed by atoms with Gasteiger partial charge in [-0.05, 0) is 51.7 Å². The van der Waals surface area contributed by atoms with Gasteiger partial charge in [-0.15, -0.1) is 0 Å². The predicted octanol–water partition coefficient (Wildman–Crippen LogP) is 3.17. The SMILES string of the molecule is CC(C)(O)c1ccc(-c2cnn3c2nc(C2C[C@H]4CC[C@@H](C2)N4C(=O)c2ncn[nH]2)c2cc[nH]c23)cn1. The lowest BCUT2D eigenvalue weighted by Crippen LogP contribution is -2.46. The summed E-state index contributed by atoms with van der Waals surface area (Å²) < 4.78 is 1.84. The molecule has 0 radical (unpaired) electrons. The first kappa shape index (κ1) is 22.1. The smallest absolute Gasteiger partial charge is 0.291 e. The molecule has 2 saturated heterocycles. The molecule has 5 aromatic heterocycles. The third kappa shape index (κ3) is 3.45. The van der Waals surface area contributed by atoms with Gasteiger partial charge in [-0.1, -0.05) is 6.07 Å².